The van der Waals surface area contributed by atoms with Crippen molar-refractivity contribution in [2.45, 2.75) is 6.04 Å². The van der Waals surface area contributed by atoms with Crippen LogP contribution in [0.1, 0.15) is 27.5 Å². The Hall–Kier alpha value is -2.81. The lowest BCUT2D eigenvalue weighted by Crippen LogP contribution is -2.20. The molecule has 1 aliphatic heterocycles. The molecule has 0 saturated carbocycles. The summed E-state index contributed by atoms with van der Waals surface area (Å²) < 4.78 is 0. The molecular formula is C18H13NO2. The molecule has 0 radical (unpaired) electrons. The molecule has 0 spiro atoms. The zero-order chi connectivity index (χ0) is 14.4. The van der Waals surface area contributed by atoms with Gasteiger partial charge in [0.2, 0.25) is 0 Å². The molecule has 1 atom stereocenters. The maximum Gasteiger partial charge on any atom is 0.252 e. The number of fused-ring (bicyclic) bond motifs is 2. The van der Waals surface area contributed by atoms with Gasteiger partial charge in [0.1, 0.15) is 5.75 Å². The first-order valence-corrected chi connectivity index (χ1v) is 6.86. The number of hydrogen-bond acceptors (Lipinski definition) is 2. The van der Waals surface area contributed by atoms with E-state index in [0.29, 0.717) is 5.56 Å². The van der Waals surface area contributed by atoms with Gasteiger partial charge in [-0.05, 0) is 28.5 Å². The minimum Gasteiger partial charge on any atom is -0.508 e. The third-order valence-electron chi connectivity index (χ3n) is 4.03. The van der Waals surface area contributed by atoms with E-state index in [1.807, 2.05) is 54.6 Å². The number of phenols is 1. The fourth-order valence-corrected chi connectivity index (χ4v) is 3.06. The van der Waals surface area contributed by atoms with E-state index < -0.39 is 0 Å². The zero-order valence-corrected chi connectivity index (χ0v) is 11.2. The van der Waals surface area contributed by atoms with E-state index in [9.17, 15) is 9.90 Å². The number of aromatic hydroxyl groups is 1. The standard InChI is InChI=1S/C18H13NO2/c20-15-10-9-11-5-1-2-6-12(11)16(15)17-13-7-3-4-8-14(13)18(21)19-17/h1-10,17,20H,(H,19,21). The Morgan fingerprint density at radius 2 is 1.67 bits per heavy atom. The van der Waals surface area contributed by atoms with Gasteiger partial charge in [-0.1, -0.05) is 48.5 Å². The van der Waals surface area contributed by atoms with Gasteiger partial charge in [0, 0.05) is 11.1 Å². The summed E-state index contributed by atoms with van der Waals surface area (Å²) in [4.78, 5) is 12.1. The monoisotopic (exact) mass is 275 g/mol. The molecule has 21 heavy (non-hydrogen) atoms. The summed E-state index contributed by atoms with van der Waals surface area (Å²) in [7, 11) is 0. The van der Waals surface area contributed by atoms with Crippen molar-refractivity contribution in [2.24, 2.45) is 0 Å². The summed E-state index contributed by atoms with van der Waals surface area (Å²) in [6.07, 6.45) is 0. The second-order valence-electron chi connectivity index (χ2n) is 5.21. The summed E-state index contributed by atoms with van der Waals surface area (Å²) in [5.41, 5.74) is 2.34. The summed E-state index contributed by atoms with van der Waals surface area (Å²) >= 11 is 0. The number of benzene rings is 3. The van der Waals surface area contributed by atoms with Crippen molar-refractivity contribution >= 4 is 16.7 Å². The normalized spacial score (nSPS) is 16.8. The molecule has 0 fully saturated rings. The first kappa shape index (κ1) is 12.0. The minimum absolute atomic E-state index is 0.0945. The van der Waals surface area contributed by atoms with Gasteiger partial charge >= 0.3 is 0 Å². The van der Waals surface area contributed by atoms with Crippen LogP contribution in [0.4, 0.5) is 0 Å². The van der Waals surface area contributed by atoms with Crippen LogP contribution < -0.4 is 5.32 Å². The first-order chi connectivity index (χ1) is 10.3. The van der Waals surface area contributed by atoms with E-state index >= 15 is 0 Å². The average molecular weight is 275 g/mol. The number of nitrogens with one attached hydrogen (secondary N) is 1. The molecule has 1 unspecified atom stereocenters. The van der Waals surface area contributed by atoms with Crippen molar-refractivity contribution < 1.29 is 9.90 Å². The highest BCUT2D eigenvalue weighted by Crippen LogP contribution is 2.39. The number of phenolic OH excluding ortho intramolecular Hbond substituents is 1. The second kappa shape index (κ2) is 4.35. The van der Waals surface area contributed by atoms with E-state index in [-0.39, 0.29) is 17.7 Å². The number of rotatable bonds is 1. The Bertz CT molecular complexity index is 870. The Morgan fingerprint density at radius 1 is 0.905 bits per heavy atom. The second-order valence-corrected chi connectivity index (χ2v) is 5.21. The third-order valence-corrected chi connectivity index (χ3v) is 4.03. The van der Waals surface area contributed by atoms with Crippen LogP contribution in [0, 0.1) is 0 Å². The van der Waals surface area contributed by atoms with Crippen molar-refractivity contribution in [3.05, 3.63) is 77.4 Å². The summed E-state index contributed by atoms with van der Waals surface area (Å²) in [5, 5.41) is 15.3. The molecule has 3 heteroatoms. The fourth-order valence-electron chi connectivity index (χ4n) is 3.06. The van der Waals surface area contributed by atoms with E-state index in [4.69, 9.17) is 0 Å². The molecule has 0 bridgehead atoms. The van der Waals surface area contributed by atoms with Gasteiger partial charge < -0.3 is 10.4 Å². The molecule has 3 aromatic carbocycles. The largest absolute Gasteiger partial charge is 0.508 e. The van der Waals surface area contributed by atoms with Crippen LogP contribution >= 0.6 is 0 Å². The van der Waals surface area contributed by atoms with Gasteiger partial charge in [0.15, 0.2) is 0 Å². The van der Waals surface area contributed by atoms with Crippen molar-refractivity contribution in [3.8, 4) is 5.75 Å². The molecule has 1 heterocycles. The van der Waals surface area contributed by atoms with Crippen LogP contribution in [-0.2, 0) is 0 Å². The molecule has 0 saturated heterocycles. The van der Waals surface area contributed by atoms with E-state index in [0.717, 1.165) is 21.9 Å². The quantitative estimate of drug-likeness (QED) is 0.715. The third kappa shape index (κ3) is 1.71. The topological polar surface area (TPSA) is 49.3 Å². The molecular weight excluding hydrogens is 262 g/mol. The van der Waals surface area contributed by atoms with Gasteiger partial charge in [-0.25, -0.2) is 0 Å². The minimum atomic E-state index is -0.306. The van der Waals surface area contributed by atoms with Crippen LogP contribution in [-0.4, -0.2) is 11.0 Å². The summed E-state index contributed by atoms with van der Waals surface area (Å²) in [5.74, 6) is 0.110. The lowest BCUT2D eigenvalue weighted by molar-refractivity contribution is 0.0960. The van der Waals surface area contributed by atoms with E-state index in [1.54, 1.807) is 6.07 Å². The van der Waals surface area contributed by atoms with Gasteiger partial charge in [0.05, 0.1) is 6.04 Å². The molecule has 0 aliphatic carbocycles. The molecule has 1 amide bonds. The van der Waals surface area contributed by atoms with E-state index in [1.165, 1.54) is 0 Å². The maximum atomic E-state index is 12.1. The van der Waals surface area contributed by atoms with Crippen LogP contribution in [0.2, 0.25) is 0 Å². The fraction of sp³-hybridized carbons (Fsp3) is 0.0556. The van der Waals surface area contributed by atoms with Crippen LogP contribution in [0.3, 0.4) is 0 Å². The van der Waals surface area contributed by atoms with Gasteiger partial charge in [0.25, 0.3) is 5.91 Å². The van der Waals surface area contributed by atoms with Crippen molar-refractivity contribution in [1.82, 2.24) is 5.32 Å². The predicted octanol–water partition coefficient (Wildman–Crippen LogP) is 3.38. The van der Waals surface area contributed by atoms with Crippen molar-refractivity contribution in [2.75, 3.05) is 0 Å². The number of amides is 1. The number of carbonyl (C=O) groups excluding carboxylic acids is 1. The summed E-state index contributed by atoms with van der Waals surface area (Å²) in [6, 6.07) is 18.6. The van der Waals surface area contributed by atoms with Crippen molar-refractivity contribution in [1.29, 1.82) is 0 Å². The molecule has 1 aliphatic rings. The Labute approximate surface area is 121 Å². The van der Waals surface area contributed by atoms with Gasteiger partial charge in [-0.15, -0.1) is 0 Å². The average Bonchev–Trinajstić information content (AvgIpc) is 2.85. The van der Waals surface area contributed by atoms with Crippen molar-refractivity contribution in [3.63, 3.8) is 0 Å². The SMILES string of the molecule is O=C1NC(c2c(O)ccc3ccccc23)c2ccccc21. The molecule has 0 aromatic heterocycles. The molecule has 4 rings (SSSR count). The van der Waals surface area contributed by atoms with Crippen LogP contribution in [0.25, 0.3) is 10.8 Å². The highest BCUT2D eigenvalue weighted by atomic mass is 16.3. The lowest BCUT2D eigenvalue weighted by atomic mass is 9.93. The highest BCUT2D eigenvalue weighted by molar-refractivity contribution is 6.01. The molecule has 3 aromatic rings. The Balaban J connectivity index is 2.00. The number of carbonyl (C=O) groups is 1. The maximum absolute atomic E-state index is 12.1. The van der Waals surface area contributed by atoms with Crippen LogP contribution in [0.5, 0.6) is 5.75 Å². The molecule has 102 valence electrons. The van der Waals surface area contributed by atoms with Gasteiger partial charge in [-0.2, -0.15) is 0 Å². The number of hydrogen-bond donors (Lipinski definition) is 2. The summed E-state index contributed by atoms with van der Waals surface area (Å²) in [6.45, 7) is 0. The first-order valence-electron chi connectivity index (χ1n) is 6.86. The Kier molecular flexibility index (Phi) is 2.48. The smallest absolute Gasteiger partial charge is 0.252 e. The molecule has 2 N–H and O–H groups in total. The lowest BCUT2D eigenvalue weighted by Gasteiger charge is -2.16. The molecule has 3 nitrogen and oxygen atoms in total. The van der Waals surface area contributed by atoms with Crippen LogP contribution in [0.15, 0.2) is 60.7 Å². The van der Waals surface area contributed by atoms with E-state index in [2.05, 4.69) is 5.32 Å². The zero-order valence-electron chi connectivity index (χ0n) is 11.2. The van der Waals surface area contributed by atoms with Gasteiger partial charge in [-0.3, -0.25) is 4.79 Å². The predicted molar refractivity (Wildman–Crippen MR) is 81.4 cm³/mol. The highest BCUT2D eigenvalue weighted by Gasteiger charge is 2.31. The Morgan fingerprint density at radius 3 is 2.57 bits per heavy atom.